The van der Waals surface area contributed by atoms with E-state index in [2.05, 4.69) is 6.07 Å². The van der Waals surface area contributed by atoms with Gasteiger partial charge in [0.2, 0.25) is 0 Å². The van der Waals surface area contributed by atoms with Gasteiger partial charge in [-0.05, 0) is 36.6 Å². The predicted octanol–water partition coefficient (Wildman–Crippen LogP) is 2.13. The van der Waals surface area contributed by atoms with Crippen LogP contribution in [0.15, 0.2) is 12.1 Å². The van der Waals surface area contributed by atoms with Crippen molar-refractivity contribution in [3.63, 3.8) is 0 Å². The molecule has 0 aliphatic heterocycles. The summed E-state index contributed by atoms with van der Waals surface area (Å²) in [7, 11) is 0. The molecule has 1 N–H and O–H groups in total. The molecule has 1 aromatic rings. The fourth-order valence-electron chi connectivity index (χ4n) is 1.30. The molecule has 0 bridgehead atoms. The molecular formula is C10H11NO. The van der Waals surface area contributed by atoms with Gasteiger partial charge in [0.15, 0.2) is 0 Å². The molecule has 0 atom stereocenters. The van der Waals surface area contributed by atoms with Gasteiger partial charge in [0, 0.05) is 0 Å². The Balaban J connectivity index is 3.38. The Morgan fingerprint density at radius 2 is 2.17 bits per heavy atom. The zero-order valence-electron chi connectivity index (χ0n) is 7.26. The first kappa shape index (κ1) is 8.61. The van der Waals surface area contributed by atoms with Crippen molar-refractivity contribution in [3.8, 4) is 11.8 Å². The van der Waals surface area contributed by atoms with Gasteiger partial charge in [-0.25, -0.2) is 0 Å². The van der Waals surface area contributed by atoms with Gasteiger partial charge in [0.05, 0.1) is 11.6 Å². The van der Waals surface area contributed by atoms with Gasteiger partial charge in [-0.2, -0.15) is 5.26 Å². The summed E-state index contributed by atoms with van der Waals surface area (Å²) >= 11 is 0. The maximum Gasteiger partial charge on any atom is 0.118 e. The molecule has 0 fully saturated rings. The summed E-state index contributed by atoms with van der Waals surface area (Å²) in [6.45, 7) is 3.80. The van der Waals surface area contributed by atoms with E-state index in [1.54, 1.807) is 12.1 Å². The Labute approximate surface area is 72.1 Å². The molecule has 62 valence electrons. The molecule has 0 saturated carbocycles. The molecule has 2 nitrogen and oxygen atoms in total. The quantitative estimate of drug-likeness (QED) is 0.685. The van der Waals surface area contributed by atoms with Crippen LogP contribution >= 0.6 is 0 Å². The Morgan fingerprint density at radius 3 is 2.67 bits per heavy atom. The fourth-order valence-corrected chi connectivity index (χ4v) is 1.30. The first-order valence-corrected chi connectivity index (χ1v) is 3.92. The molecule has 0 heterocycles. The summed E-state index contributed by atoms with van der Waals surface area (Å²) < 4.78 is 0. The van der Waals surface area contributed by atoms with Crippen molar-refractivity contribution in [1.29, 1.82) is 5.26 Å². The van der Waals surface area contributed by atoms with E-state index in [1.165, 1.54) is 0 Å². The van der Waals surface area contributed by atoms with Crippen molar-refractivity contribution in [1.82, 2.24) is 0 Å². The summed E-state index contributed by atoms with van der Waals surface area (Å²) in [5, 5.41) is 18.1. The molecule has 0 aliphatic carbocycles. The molecule has 2 heteroatoms. The Hall–Kier alpha value is -1.49. The standard InChI is InChI=1S/C10H11NO/c1-3-9-7(2)10(12)5-4-8(9)6-11/h4-5,12H,3H2,1-2H3. The summed E-state index contributed by atoms with van der Waals surface area (Å²) in [4.78, 5) is 0. The van der Waals surface area contributed by atoms with Crippen molar-refractivity contribution in [2.45, 2.75) is 20.3 Å². The van der Waals surface area contributed by atoms with Crippen LogP contribution in [0.4, 0.5) is 0 Å². The lowest BCUT2D eigenvalue weighted by Gasteiger charge is -2.06. The molecule has 0 spiro atoms. The maximum absolute atomic E-state index is 9.34. The van der Waals surface area contributed by atoms with Crippen LogP contribution < -0.4 is 0 Å². The number of aromatic hydroxyl groups is 1. The van der Waals surface area contributed by atoms with Crippen LogP contribution in [0.3, 0.4) is 0 Å². The minimum absolute atomic E-state index is 0.269. The highest BCUT2D eigenvalue weighted by molar-refractivity contribution is 5.48. The highest BCUT2D eigenvalue weighted by Crippen LogP contribution is 2.23. The summed E-state index contributed by atoms with van der Waals surface area (Å²) in [6.07, 6.45) is 0.781. The molecule has 0 unspecified atom stereocenters. The SMILES string of the molecule is CCc1c(C#N)ccc(O)c1C. The van der Waals surface area contributed by atoms with Crippen molar-refractivity contribution < 1.29 is 5.11 Å². The Bertz CT molecular complexity index is 336. The number of phenolic OH excluding ortho intramolecular Hbond substituents is 1. The number of nitriles is 1. The lowest BCUT2D eigenvalue weighted by atomic mass is 10.00. The van der Waals surface area contributed by atoms with E-state index in [0.717, 1.165) is 17.5 Å². The van der Waals surface area contributed by atoms with Gasteiger partial charge >= 0.3 is 0 Å². The number of hydrogen-bond acceptors (Lipinski definition) is 2. The number of benzene rings is 1. The largest absolute Gasteiger partial charge is 0.508 e. The van der Waals surface area contributed by atoms with Gasteiger partial charge in [-0.1, -0.05) is 6.92 Å². The van der Waals surface area contributed by atoms with E-state index in [9.17, 15) is 5.11 Å². The van der Waals surface area contributed by atoms with E-state index in [4.69, 9.17) is 5.26 Å². The number of nitrogens with zero attached hydrogens (tertiary/aromatic N) is 1. The number of rotatable bonds is 1. The topological polar surface area (TPSA) is 44.0 Å². The Kier molecular flexibility index (Phi) is 2.35. The summed E-state index contributed by atoms with van der Waals surface area (Å²) in [5.74, 6) is 0.269. The monoisotopic (exact) mass is 161 g/mol. The van der Waals surface area contributed by atoms with E-state index in [1.807, 2.05) is 13.8 Å². The van der Waals surface area contributed by atoms with Crippen LogP contribution in [-0.2, 0) is 6.42 Å². The van der Waals surface area contributed by atoms with Crippen molar-refractivity contribution in [2.24, 2.45) is 0 Å². The molecule has 0 radical (unpaired) electrons. The predicted molar refractivity (Wildman–Crippen MR) is 46.9 cm³/mol. The highest BCUT2D eigenvalue weighted by Gasteiger charge is 2.06. The smallest absolute Gasteiger partial charge is 0.118 e. The molecular weight excluding hydrogens is 150 g/mol. The van der Waals surface area contributed by atoms with Crippen LogP contribution in [0.5, 0.6) is 5.75 Å². The van der Waals surface area contributed by atoms with Gasteiger partial charge in [0.25, 0.3) is 0 Å². The molecule has 0 amide bonds. The van der Waals surface area contributed by atoms with Crippen molar-refractivity contribution in [2.75, 3.05) is 0 Å². The molecule has 0 aliphatic rings. The van der Waals surface area contributed by atoms with Crippen molar-refractivity contribution >= 4 is 0 Å². The van der Waals surface area contributed by atoms with E-state index in [0.29, 0.717) is 5.56 Å². The summed E-state index contributed by atoms with van der Waals surface area (Å²) in [5.41, 5.74) is 2.42. The number of phenols is 1. The summed E-state index contributed by atoms with van der Waals surface area (Å²) in [6, 6.07) is 5.32. The van der Waals surface area contributed by atoms with Gasteiger partial charge in [0.1, 0.15) is 5.75 Å². The van der Waals surface area contributed by atoms with Crippen LogP contribution in [0.2, 0.25) is 0 Å². The molecule has 12 heavy (non-hydrogen) atoms. The maximum atomic E-state index is 9.34. The van der Waals surface area contributed by atoms with Crippen LogP contribution in [0.1, 0.15) is 23.6 Å². The van der Waals surface area contributed by atoms with Gasteiger partial charge < -0.3 is 5.11 Å². The van der Waals surface area contributed by atoms with E-state index in [-0.39, 0.29) is 5.75 Å². The average Bonchev–Trinajstić information content (AvgIpc) is 2.09. The van der Waals surface area contributed by atoms with Gasteiger partial charge in [-0.3, -0.25) is 0 Å². The van der Waals surface area contributed by atoms with Crippen LogP contribution in [0, 0.1) is 18.3 Å². The molecule has 0 aromatic heterocycles. The number of hydrogen-bond donors (Lipinski definition) is 1. The second-order valence-electron chi connectivity index (χ2n) is 2.70. The zero-order chi connectivity index (χ0) is 9.14. The third-order valence-corrected chi connectivity index (χ3v) is 2.04. The Morgan fingerprint density at radius 1 is 1.50 bits per heavy atom. The second-order valence-corrected chi connectivity index (χ2v) is 2.70. The van der Waals surface area contributed by atoms with E-state index >= 15 is 0 Å². The van der Waals surface area contributed by atoms with E-state index < -0.39 is 0 Å². The minimum atomic E-state index is 0.269. The average molecular weight is 161 g/mol. The first-order valence-electron chi connectivity index (χ1n) is 3.92. The van der Waals surface area contributed by atoms with Crippen molar-refractivity contribution in [3.05, 3.63) is 28.8 Å². The molecule has 0 saturated heterocycles. The lowest BCUT2D eigenvalue weighted by molar-refractivity contribution is 0.470. The fraction of sp³-hybridized carbons (Fsp3) is 0.300. The zero-order valence-corrected chi connectivity index (χ0v) is 7.26. The highest BCUT2D eigenvalue weighted by atomic mass is 16.3. The van der Waals surface area contributed by atoms with Crippen LogP contribution in [0.25, 0.3) is 0 Å². The molecule has 1 aromatic carbocycles. The third kappa shape index (κ3) is 1.26. The van der Waals surface area contributed by atoms with Gasteiger partial charge in [-0.15, -0.1) is 0 Å². The lowest BCUT2D eigenvalue weighted by Crippen LogP contribution is -1.91. The normalized spacial score (nSPS) is 9.42. The second kappa shape index (κ2) is 3.27. The minimum Gasteiger partial charge on any atom is -0.508 e. The van der Waals surface area contributed by atoms with Crippen LogP contribution in [-0.4, -0.2) is 5.11 Å². The molecule has 1 rings (SSSR count). The third-order valence-electron chi connectivity index (χ3n) is 2.04. The first-order chi connectivity index (χ1) is 5.70.